The third-order valence-electron chi connectivity index (χ3n) is 10.3. The highest BCUT2D eigenvalue weighted by Crippen LogP contribution is 2.50. The minimum Gasteiger partial charge on any atom is -0.310 e. The van der Waals surface area contributed by atoms with Crippen LogP contribution >= 0.6 is 0 Å². The standard InChI is InChI=1S/C48H37N5/c1-48(2)44-21-13-12-20-42(44)43-31-30-41(32-45(43)48)52(39-26-22-35(23-27-39)34-14-6-3-7-15-34)40-28-24-36(25-29-40)46-33-49-47(51-50-46)53(37-16-8-4-9-17-37)38-18-10-5-11-19-38/h3-33H,1-2H3. The minimum atomic E-state index is -0.108. The van der Waals surface area contributed by atoms with Crippen LogP contribution < -0.4 is 9.80 Å². The summed E-state index contributed by atoms with van der Waals surface area (Å²) in [4.78, 5) is 9.15. The summed E-state index contributed by atoms with van der Waals surface area (Å²) in [7, 11) is 0. The van der Waals surface area contributed by atoms with Crippen molar-refractivity contribution in [1.29, 1.82) is 0 Å². The maximum absolute atomic E-state index is 4.80. The summed E-state index contributed by atoms with van der Waals surface area (Å²) in [5.74, 6) is 0.509. The van der Waals surface area contributed by atoms with Gasteiger partial charge >= 0.3 is 0 Å². The van der Waals surface area contributed by atoms with Gasteiger partial charge in [0.05, 0.1) is 6.20 Å². The van der Waals surface area contributed by atoms with Gasteiger partial charge in [-0.2, -0.15) is 0 Å². The van der Waals surface area contributed by atoms with Gasteiger partial charge in [0.2, 0.25) is 0 Å². The van der Waals surface area contributed by atoms with Gasteiger partial charge in [-0.15, -0.1) is 10.2 Å². The highest BCUT2D eigenvalue weighted by molar-refractivity contribution is 5.86. The molecule has 1 aliphatic rings. The number of benzene rings is 7. The maximum Gasteiger partial charge on any atom is 0.254 e. The second kappa shape index (κ2) is 13.4. The van der Waals surface area contributed by atoms with Crippen molar-refractivity contribution in [2.45, 2.75) is 19.3 Å². The van der Waals surface area contributed by atoms with Crippen molar-refractivity contribution in [3.8, 4) is 33.5 Å². The van der Waals surface area contributed by atoms with Crippen molar-refractivity contribution >= 4 is 34.4 Å². The van der Waals surface area contributed by atoms with E-state index in [1.54, 1.807) is 6.20 Å². The summed E-state index contributed by atoms with van der Waals surface area (Å²) < 4.78 is 0. The smallest absolute Gasteiger partial charge is 0.254 e. The minimum absolute atomic E-state index is 0.108. The number of nitrogens with zero attached hydrogens (tertiary/aromatic N) is 5. The Morgan fingerprint density at radius 1 is 0.396 bits per heavy atom. The average Bonchev–Trinajstić information content (AvgIpc) is 3.45. The number of rotatable bonds is 8. The molecule has 0 saturated heterocycles. The normalized spacial score (nSPS) is 12.5. The fourth-order valence-corrected chi connectivity index (χ4v) is 7.53. The lowest BCUT2D eigenvalue weighted by Gasteiger charge is -2.28. The van der Waals surface area contributed by atoms with Crippen LogP contribution in [-0.2, 0) is 5.41 Å². The van der Waals surface area contributed by atoms with Gasteiger partial charge in [-0.25, -0.2) is 4.98 Å². The van der Waals surface area contributed by atoms with E-state index in [0.29, 0.717) is 11.6 Å². The number of para-hydroxylation sites is 2. The van der Waals surface area contributed by atoms with E-state index in [1.807, 2.05) is 65.6 Å². The van der Waals surface area contributed by atoms with Crippen LogP contribution in [0.25, 0.3) is 33.5 Å². The van der Waals surface area contributed by atoms with E-state index < -0.39 is 0 Å². The Balaban J connectivity index is 1.07. The molecule has 0 spiro atoms. The van der Waals surface area contributed by atoms with Crippen LogP contribution in [0, 0.1) is 0 Å². The third kappa shape index (κ3) is 5.92. The molecule has 53 heavy (non-hydrogen) atoms. The van der Waals surface area contributed by atoms with Crippen molar-refractivity contribution in [1.82, 2.24) is 15.2 Å². The van der Waals surface area contributed by atoms with Crippen LogP contribution in [0.2, 0.25) is 0 Å². The highest BCUT2D eigenvalue weighted by atomic mass is 15.3. The number of hydrogen-bond donors (Lipinski definition) is 0. The van der Waals surface area contributed by atoms with Gasteiger partial charge in [-0.05, 0) is 94.0 Å². The molecule has 5 nitrogen and oxygen atoms in total. The second-order valence-electron chi connectivity index (χ2n) is 13.8. The van der Waals surface area contributed by atoms with Crippen LogP contribution in [0.15, 0.2) is 188 Å². The van der Waals surface area contributed by atoms with Crippen molar-refractivity contribution in [3.05, 3.63) is 199 Å². The molecule has 8 aromatic rings. The monoisotopic (exact) mass is 683 g/mol. The van der Waals surface area contributed by atoms with E-state index in [2.05, 4.69) is 150 Å². The van der Waals surface area contributed by atoms with Crippen molar-refractivity contribution in [2.75, 3.05) is 9.80 Å². The SMILES string of the molecule is CC1(C)c2ccccc2-c2ccc(N(c3ccc(-c4ccccc4)cc3)c3ccc(-c4cnc(N(c5ccccc5)c5ccccc5)nn4)cc3)cc21. The predicted octanol–water partition coefficient (Wildman–Crippen LogP) is 12.5. The van der Waals surface area contributed by atoms with E-state index >= 15 is 0 Å². The average molecular weight is 684 g/mol. The van der Waals surface area contributed by atoms with Gasteiger partial charge in [-0.3, -0.25) is 4.90 Å². The van der Waals surface area contributed by atoms with E-state index in [-0.39, 0.29) is 5.41 Å². The van der Waals surface area contributed by atoms with Gasteiger partial charge in [0.1, 0.15) is 5.69 Å². The summed E-state index contributed by atoms with van der Waals surface area (Å²) in [5.41, 5.74) is 14.4. The van der Waals surface area contributed by atoms with Crippen molar-refractivity contribution in [3.63, 3.8) is 0 Å². The molecule has 0 saturated carbocycles. The quantitative estimate of drug-likeness (QED) is 0.159. The Bertz CT molecular complexity index is 2460. The zero-order chi connectivity index (χ0) is 35.8. The van der Waals surface area contributed by atoms with Crippen molar-refractivity contribution in [2.24, 2.45) is 0 Å². The molecule has 9 rings (SSSR count). The molecule has 0 atom stereocenters. The first kappa shape index (κ1) is 32.1. The molecule has 1 aliphatic carbocycles. The molecule has 1 heterocycles. The number of fused-ring (bicyclic) bond motifs is 3. The van der Waals surface area contributed by atoms with Crippen molar-refractivity contribution < 1.29 is 0 Å². The summed E-state index contributed by atoms with van der Waals surface area (Å²) >= 11 is 0. The third-order valence-corrected chi connectivity index (χ3v) is 10.3. The molecule has 7 aromatic carbocycles. The predicted molar refractivity (Wildman–Crippen MR) is 218 cm³/mol. The lowest BCUT2D eigenvalue weighted by Crippen LogP contribution is -2.16. The molecule has 0 fully saturated rings. The summed E-state index contributed by atoms with van der Waals surface area (Å²) in [6, 6.07) is 63.8. The van der Waals surface area contributed by atoms with E-state index in [9.17, 15) is 0 Å². The topological polar surface area (TPSA) is 45.2 Å². The van der Waals surface area contributed by atoms with Crippen LogP contribution in [0.1, 0.15) is 25.0 Å². The first-order chi connectivity index (χ1) is 26.0. The molecule has 0 bridgehead atoms. The molecule has 5 heteroatoms. The summed E-state index contributed by atoms with van der Waals surface area (Å²) in [6.45, 7) is 4.66. The van der Waals surface area contributed by atoms with Gasteiger partial charge < -0.3 is 4.90 Å². The lowest BCUT2D eigenvalue weighted by molar-refractivity contribution is 0.660. The molecular weight excluding hydrogens is 647 g/mol. The van der Waals surface area contributed by atoms with Crippen LogP contribution in [0.5, 0.6) is 0 Å². The Morgan fingerprint density at radius 3 is 1.49 bits per heavy atom. The largest absolute Gasteiger partial charge is 0.310 e. The Kier molecular flexibility index (Phi) is 8.09. The molecule has 1 aromatic heterocycles. The first-order valence-corrected chi connectivity index (χ1v) is 17.9. The van der Waals surface area contributed by atoms with Gasteiger partial charge in [0.15, 0.2) is 0 Å². The number of aromatic nitrogens is 3. The summed E-state index contributed by atoms with van der Waals surface area (Å²) in [6.07, 6.45) is 1.80. The molecular formula is C48H37N5. The zero-order valence-electron chi connectivity index (χ0n) is 29.6. The lowest BCUT2D eigenvalue weighted by atomic mass is 9.82. The van der Waals surface area contributed by atoms with Gasteiger partial charge in [-0.1, -0.05) is 135 Å². The van der Waals surface area contributed by atoms with E-state index in [1.165, 1.54) is 33.4 Å². The molecule has 0 aliphatic heterocycles. The molecule has 0 unspecified atom stereocenters. The van der Waals surface area contributed by atoms with Crippen LogP contribution in [-0.4, -0.2) is 15.2 Å². The Labute approximate surface area is 310 Å². The molecule has 0 N–H and O–H groups in total. The van der Waals surface area contributed by atoms with Gasteiger partial charge in [0.25, 0.3) is 5.95 Å². The van der Waals surface area contributed by atoms with Crippen LogP contribution in [0.3, 0.4) is 0 Å². The summed E-state index contributed by atoms with van der Waals surface area (Å²) in [5, 5.41) is 9.27. The van der Waals surface area contributed by atoms with Gasteiger partial charge in [0, 0.05) is 39.4 Å². The van der Waals surface area contributed by atoms with E-state index in [0.717, 1.165) is 34.0 Å². The van der Waals surface area contributed by atoms with E-state index in [4.69, 9.17) is 4.98 Å². The number of anilines is 6. The second-order valence-corrected chi connectivity index (χ2v) is 13.8. The maximum atomic E-state index is 4.80. The molecule has 254 valence electrons. The molecule has 0 amide bonds. The number of hydrogen-bond acceptors (Lipinski definition) is 5. The zero-order valence-corrected chi connectivity index (χ0v) is 29.6. The fourth-order valence-electron chi connectivity index (χ4n) is 7.53. The fraction of sp³-hybridized carbons (Fsp3) is 0.0625. The van der Waals surface area contributed by atoms with Crippen LogP contribution in [0.4, 0.5) is 34.4 Å². The highest BCUT2D eigenvalue weighted by Gasteiger charge is 2.35. The Hall–Kier alpha value is -6.85. The Morgan fingerprint density at radius 2 is 0.887 bits per heavy atom. The molecule has 0 radical (unpaired) electrons. The first-order valence-electron chi connectivity index (χ1n) is 17.9.